The molecule has 0 saturated heterocycles. The lowest BCUT2D eigenvalue weighted by Crippen LogP contribution is -2.31. The van der Waals surface area contributed by atoms with Crippen LogP contribution >= 0.6 is 11.6 Å². The number of benzene rings is 3. The lowest BCUT2D eigenvalue weighted by Gasteiger charge is -2.24. The molecular formula is C27H27ClN4O4S. The van der Waals surface area contributed by atoms with Gasteiger partial charge in [-0.2, -0.15) is 8.42 Å². The summed E-state index contributed by atoms with van der Waals surface area (Å²) in [6.07, 6.45) is 2.94. The van der Waals surface area contributed by atoms with Gasteiger partial charge in [-0.25, -0.2) is 4.98 Å². The lowest BCUT2D eigenvalue weighted by atomic mass is 10.1. The summed E-state index contributed by atoms with van der Waals surface area (Å²) in [6.45, 7) is 4.01. The van der Waals surface area contributed by atoms with Crippen LogP contribution in [0, 0.1) is 13.8 Å². The van der Waals surface area contributed by atoms with Gasteiger partial charge in [-0.15, -0.1) is 0 Å². The first-order valence-corrected chi connectivity index (χ1v) is 13.2. The van der Waals surface area contributed by atoms with Crippen molar-refractivity contribution in [2.75, 3.05) is 16.7 Å². The molecule has 0 radical (unpaired) electrons. The van der Waals surface area contributed by atoms with Gasteiger partial charge in [-0.1, -0.05) is 29.8 Å². The Bertz CT molecular complexity index is 1550. The van der Waals surface area contributed by atoms with Crippen molar-refractivity contribution in [3.63, 3.8) is 0 Å². The van der Waals surface area contributed by atoms with Gasteiger partial charge in [0.2, 0.25) is 0 Å². The molecule has 8 nitrogen and oxygen atoms in total. The molecule has 1 heterocycles. The topological polar surface area (TPSA) is 93.5 Å². The summed E-state index contributed by atoms with van der Waals surface area (Å²) in [7, 11) is -0.700. The third-order valence-electron chi connectivity index (χ3n) is 5.97. The third kappa shape index (κ3) is 5.79. The average molecular weight is 539 g/mol. The van der Waals surface area contributed by atoms with Crippen molar-refractivity contribution in [2.24, 2.45) is 7.05 Å². The molecule has 0 spiro atoms. The Morgan fingerprint density at radius 3 is 2.38 bits per heavy atom. The van der Waals surface area contributed by atoms with Crippen molar-refractivity contribution < 1.29 is 17.9 Å². The number of amides is 1. The zero-order valence-corrected chi connectivity index (χ0v) is 22.5. The van der Waals surface area contributed by atoms with E-state index in [1.165, 1.54) is 30.0 Å². The van der Waals surface area contributed by atoms with Crippen molar-refractivity contribution in [3.8, 4) is 5.75 Å². The summed E-state index contributed by atoms with van der Waals surface area (Å²) in [6, 6.07) is 17.3. The highest BCUT2D eigenvalue weighted by molar-refractivity contribution is 7.92. The van der Waals surface area contributed by atoms with Gasteiger partial charge in [0, 0.05) is 24.5 Å². The number of rotatable bonds is 8. The van der Waals surface area contributed by atoms with Crippen LogP contribution < -0.4 is 14.4 Å². The van der Waals surface area contributed by atoms with E-state index in [4.69, 9.17) is 16.3 Å². The zero-order chi connectivity index (χ0) is 26.7. The SMILES string of the molecule is COc1ccc(C(=O)Nc2ccc(CN(c3ccc(C)c(C)c3)S(=O)(=O)c3cn(C)cn3)cc2)cc1Cl. The van der Waals surface area contributed by atoms with E-state index in [9.17, 15) is 13.2 Å². The van der Waals surface area contributed by atoms with Gasteiger partial charge in [0.15, 0.2) is 5.03 Å². The monoisotopic (exact) mass is 538 g/mol. The average Bonchev–Trinajstić information content (AvgIpc) is 3.32. The lowest BCUT2D eigenvalue weighted by molar-refractivity contribution is 0.102. The first-order chi connectivity index (χ1) is 17.6. The van der Waals surface area contributed by atoms with Crippen LogP contribution in [0.2, 0.25) is 5.02 Å². The van der Waals surface area contributed by atoms with E-state index in [2.05, 4.69) is 10.3 Å². The fourth-order valence-corrected chi connectivity index (χ4v) is 5.37. The summed E-state index contributed by atoms with van der Waals surface area (Å²) in [4.78, 5) is 16.7. The van der Waals surface area contributed by atoms with Crippen LogP contribution in [0.3, 0.4) is 0 Å². The van der Waals surface area contributed by atoms with E-state index in [0.29, 0.717) is 27.7 Å². The highest BCUT2D eigenvalue weighted by Crippen LogP contribution is 2.28. The molecule has 0 unspecified atom stereocenters. The highest BCUT2D eigenvalue weighted by atomic mass is 35.5. The molecule has 3 aromatic carbocycles. The van der Waals surface area contributed by atoms with Crippen LogP contribution in [-0.2, 0) is 23.6 Å². The zero-order valence-electron chi connectivity index (χ0n) is 20.9. The number of hydrogen-bond acceptors (Lipinski definition) is 5. The Balaban J connectivity index is 1.58. The standard InChI is InChI=1S/C27H27ClN4O4S/c1-18-5-11-23(13-19(18)2)32(37(34,35)26-16-31(3)17-29-26)15-20-6-9-22(10-7-20)30-27(33)21-8-12-25(36-4)24(28)14-21/h5-14,16-17H,15H2,1-4H3,(H,30,33). The maximum Gasteiger partial charge on any atom is 0.283 e. The van der Waals surface area contributed by atoms with Gasteiger partial charge in [-0.05, 0) is 73.0 Å². The van der Waals surface area contributed by atoms with E-state index in [-0.39, 0.29) is 17.5 Å². The van der Waals surface area contributed by atoms with Gasteiger partial charge in [-0.3, -0.25) is 9.10 Å². The number of halogens is 1. The number of ether oxygens (including phenoxy) is 1. The summed E-state index contributed by atoms with van der Waals surface area (Å²) >= 11 is 6.13. The van der Waals surface area contributed by atoms with Crippen LogP contribution in [0.25, 0.3) is 0 Å². The van der Waals surface area contributed by atoms with E-state index in [1.54, 1.807) is 54.1 Å². The molecule has 4 rings (SSSR count). The number of aryl methyl sites for hydroxylation is 3. The first-order valence-electron chi connectivity index (χ1n) is 11.4. The molecule has 0 saturated carbocycles. The Kier molecular flexibility index (Phi) is 7.56. The van der Waals surface area contributed by atoms with Gasteiger partial charge in [0.25, 0.3) is 15.9 Å². The molecule has 0 fully saturated rings. The van der Waals surface area contributed by atoms with Crippen molar-refractivity contribution in [1.29, 1.82) is 0 Å². The molecule has 37 heavy (non-hydrogen) atoms. The number of imidazole rings is 1. The third-order valence-corrected chi connectivity index (χ3v) is 7.92. The minimum Gasteiger partial charge on any atom is -0.495 e. The second-order valence-electron chi connectivity index (χ2n) is 8.66. The van der Waals surface area contributed by atoms with Crippen molar-refractivity contribution in [3.05, 3.63) is 100 Å². The van der Waals surface area contributed by atoms with Crippen LogP contribution in [-0.4, -0.2) is 31.0 Å². The van der Waals surface area contributed by atoms with E-state index in [1.807, 2.05) is 26.0 Å². The van der Waals surface area contributed by atoms with E-state index < -0.39 is 10.0 Å². The van der Waals surface area contributed by atoms with E-state index in [0.717, 1.165) is 16.7 Å². The maximum absolute atomic E-state index is 13.6. The Morgan fingerprint density at radius 2 is 1.78 bits per heavy atom. The van der Waals surface area contributed by atoms with Gasteiger partial charge >= 0.3 is 0 Å². The van der Waals surface area contributed by atoms with Crippen molar-refractivity contribution in [1.82, 2.24) is 9.55 Å². The Hall–Kier alpha value is -3.82. The fraction of sp³-hybridized carbons (Fsp3) is 0.185. The molecule has 10 heteroatoms. The first kappa shape index (κ1) is 26.2. The smallest absolute Gasteiger partial charge is 0.283 e. The number of aromatic nitrogens is 2. The van der Waals surface area contributed by atoms with Crippen molar-refractivity contribution >= 4 is 38.9 Å². The Morgan fingerprint density at radius 1 is 1.05 bits per heavy atom. The van der Waals surface area contributed by atoms with Crippen LogP contribution in [0.15, 0.2) is 78.2 Å². The molecule has 1 aromatic heterocycles. The number of carbonyl (C=O) groups excluding carboxylic acids is 1. The number of nitrogens with zero attached hydrogens (tertiary/aromatic N) is 3. The second kappa shape index (κ2) is 10.7. The maximum atomic E-state index is 13.6. The number of methoxy groups -OCH3 is 1. The Labute approximate surface area is 221 Å². The van der Waals surface area contributed by atoms with Gasteiger partial charge in [0.1, 0.15) is 5.75 Å². The summed E-state index contributed by atoms with van der Waals surface area (Å²) < 4.78 is 35.2. The number of hydrogen-bond donors (Lipinski definition) is 1. The minimum atomic E-state index is -3.93. The molecule has 0 aliphatic carbocycles. The van der Waals surface area contributed by atoms with Crippen molar-refractivity contribution in [2.45, 2.75) is 25.4 Å². The predicted octanol–water partition coefficient (Wildman–Crippen LogP) is 5.35. The van der Waals surface area contributed by atoms with E-state index >= 15 is 0 Å². The molecule has 192 valence electrons. The van der Waals surface area contributed by atoms with Crippen LogP contribution in [0.1, 0.15) is 27.0 Å². The second-order valence-corrected chi connectivity index (χ2v) is 10.9. The number of carbonyl (C=O) groups is 1. The largest absolute Gasteiger partial charge is 0.495 e. The molecule has 1 amide bonds. The molecular weight excluding hydrogens is 512 g/mol. The highest BCUT2D eigenvalue weighted by Gasteiger charge is 2.28. The number of nitrogens with one attached hydrogen (secondary N) is 1. The summed E-state index contributed by atoms with van der Waals surface area (Å²) in [5, 5.41) is 3.13. The molecule has 0 aliphatic rings. The molecule has 1 N–H and O–H groups in total. The van der Waals surface area contributed by atoms with Gasteiger partial charge in [0.05, 0.1) is 30.7 Å². The molecule has 4 aromatic rings. The van der Waals surface area contributed by atoms with Crippen LogP contribution in [0.5, 0.6) is 5.75 Å². The molecule has 0 atom stereocenters. The predicted molar refractivity (Wildman–Crippen MR) is 145 cm³/mol. The number of anilines is 2. The quantitative estimate of drug-likeness (QED) is 0.326. The minimum absolute atomic E-state index is 0.0322. The molecule has 0 bridgehead atoms. The molecule has 0 aliphatic heterocycles. The number of sulfonamides is 1. The van der Waals surface area contributed by atoms with Crippen LogP contribution in [0.4, 0.5) is 11.4 Å². The fourth-order valence-electron chi connectivity index (χ4n) is 3.70. The normalized spacial score (nSPS) is 11.3. The van der Waals surface area contributed by atoms with Gasteiger partial charge < -0.3 is 14.6 Å². The summed E-state index contributed by atoms with van der Waals surface area (Å²) in [5.74, 6) is 0.156. The summed E-state index contributed by atoms with van der Waals surface area (Å²) in [5.41, 5.74) is 4.28.